The zero-order chi connectivity index (χ0) is 9.84. The molecule has 1 aromatic heterocycles. The summed E-state index contributed by atoms with van der Waals surface area (Å²) in [5.41, 5.74) is -0.103. The Hall–Kier alpha value is -2.76. The highest BCUT2D eigenvalue weighted by Gasteiger charge is 2.14. The van der Waals surface area contributed by atoms with Crippen molar-refractivity contribution in [1.29, 1.82) is 21.0 Å². The zero-order valence-electron chi connectivity index (χ0n) is 6.31. The summed E-state index contributed by atoms with van der Waals surface area (Å²) >= 11 is 0. The first-order valence-corrected chi connectivity index (χ1v) is 3.14. The van der Waals surface area contributed by atoms with Crippen LogP contribution in [0.4, 0.5) is 0 Å². The summed E-state index contributed by atoms with van der Waals surface area (Å²) in [5.74, 6) is 0. The van der Waals surface area contributed by atoms with Crippen LogP contribution in [0.5, 0.6) is 0 Å². The predicted molar refractivity (Wildman–Crippen MR) is 39.6 cm³/mol. The predicted octanol–water partition coefficient (Wildman–Crippen LogP) is 0.432. The van der Waals surface area contributed by atoms with Crippen molar-refractivity contribution in [2.45, 2.75) is 0 Å². The molecule has 0 N–H and O–H groups in total. The van der Waals surface area contributed by atoms with E-state index in [2.05, 4.69) is 0 Å². The lowest BCUT2D eigenvalue weighted by Gasteiger charge is -1.85. The Bertz CT molecular complexity index is 462. The second kappa shape index (κ2) is 3.09. The van der Waals surface area contributed by atoms with Crippen LogP contribution in [0.3, 0.4) is 0 Å². The molecule has 0 aliphatic carbocycles. The summed E-state index contributed by atoms with van der Waals surface area (Å²) in [7, 11) is 0. The monoisotopic (exact) mass is 167 g/mol. The molecule has 13 heavy (non-hydrogen) atoms. The van der Waals surface area contributed by atoms with Gasteiger partial charge in [-0.1, -0.05) is 0 Å². The minimum atomic E-state index is -0.0958. The summed E-state index contributed by atoms with van der Waals surface area (Å²) in [6.45, 7) is 0. The number of nitrogens with zero attached hydrogens (tertiary/aromatic N) is 5. The number of rotatable bonds is 0. The minimum absolute atomic E-state index is 0.0422. The fraction of sp³-hybridized carbons (Fsp3) is 0. The van der Waals surface area contributed by atoms with E-state index in [0.29, 0.717) is 0 Å². The molecule has 5 heteroatoms. The smallest absolute Gasteiger partial charge is 0.189 e. The third-order valence-electron chi connectivity index (χ3n) is 1.45. The average molecular weight is 167 g/mol. The second-order valence-electron chi connectivity index (χ2n) is 2.07. The molecule has 0 bridgehead atoms. The van der Waals surface area contributed by atoms with Crippen LogP contribution in [0.2, 0.25) is 0 Å². The molecule has 1 aromatic rings. The fourth-order valence-corrected chi connectivity index (χ4v) is 0.893. The standard InChI is InChI=1S/C8HN5/c9-1-6-4-13(5-12)8(3-11)7(6)2-10/h4H. The quantitative estimate of drug-likeness (QED) is 0.559. The normalized spacial score (nSPS) is 7.69. The van der Waals surface area contributed by atoms with E-state index >= 15 is 0 Å². The Morgan fingerprint density at radius 2 is 1.69 bits per heavy atom. The molecule has 0 amide bonds. The van der Waals surface area contributed by atoms with Gasteiger partial charge < -0.3 is 0 Å². The van der Waals surface area contributed by atoms with Crippen molar-refractivity contribution in [3.8, 4) is 24.4 Å². The van der Waals surface area contributed by atoms with Gasteiger partial charge in [-0.05, 0) is 0 Å². The summed E-state index contributed by atoms with van der Waals surface area (Å²) in [4.78, 5) is 0. The van der Waals surface area contributed by atoms with Gasteiger partial charge in [-0.15, -0.1) is 0 Å². The highest BCUT2D eigenvalue weighted by Crippen LogP contribution is 2.13. The third-order valence-corrected chi connectivity index (χ3v) is 1.45. The maximum absolute atomic E-state index is 8.60. The highest BCUT2D eigenvalue weighted by molar-refractivity contribution is 5.54. The van der Waals surface area contributed by atoms with E-state index < -0.39 is 0 Å². The van der Waals surface area contributed by atoms with Gasteiger partial charge in [-0.2, -0.15) is 21.0 Å². The Morgan fingerprint density at radius 1 is 1.00 bits per heavy atom. The molecule has 0 spiro atoms. The van der Waals surface area contributed by atoms with Gasteiger partial charge in [-0.25, -0.2) is 4.57 Å². The maximum Gasteiger partial charge on any atom is 0.189 e. The van der Waals surface area contributed by atoms with E-state index in [9.17, 15) is 0 Å². The third kappa shape index (κ3) is 1.07. The Balaban J connectivity index is 3.63. The van der Waals surface area contributed by atoms with Crippen molar-refractivity contribution < 1.29 is 0 Å². The van der Waals surface area contributed by atoms with Gasteiger partial charge in [0.2, 0.25) is 0 Å². The first kappa shape index (κ1) is 8.34. The van der Waals surface area contributed by atoms with Crippen LogP contribution in [0.1, 0.15) is 16.8 Å². The first-order chi connectivity index (χ1) is 6.28. The van der Waals surface area contributed by atoms with Crippen LogP contribution < -0.4 is 0 Å². The molecule has 0 aliphatic heterocycles. The van der Waals surface area contributed by atoms with E-state index in [0.717, 1.165) is 10.8 Å². The molecule has 0 radical (unpaired) electrons. The summed E-state index contributed by atoms with van der Waals surface area (Å²) in [5, 5.41) is 34.2. The molecule has 0 saturated carbocycles. The minimum Gasteiger partial charge on any atom is -0.242 e. The molecule has 58 valence electrons. The van der Waals surface area contributed by atoms with E-state index in [1.165, 1.54) is 0 Å². The second-order valence-corrected chi connectivity index (χ2v) is 2.07. The lowest BCUT2D eigenvalue weighted by atomic mass is 10.2. The van der Waals surface area contributed by atoms with Gasteiger partial charge in [0, 0.05) is 6.20 Å². The van der Waals surface area contributed by atoms with Gasteiger partial charge in [-0.3, -0.25) is 0 Å². The van der Waals surface area contributed by atoms with E-state index in [1.807, 2.05) is 0 Å². The van der Waals surface area contributed by atoms with Gasteiger partial charge >= 0.3 is 0 Å². The molecule has 0 atom stereocenters. The molecule has 5 nitrogen and oxygen atoms in total. The molecule has 1 heterocycles. The van der Waals surface area contributed by atoms with Gasteiger partial charge in [0.05, 0.1) is 5.56 Å². The molecule has 0 saturated heterocycles. The Labute approximate surface area is 73.9 Å². The molecule has 0 unspecified atom stereocenters. The Morgan fingerprint density at radius 3 is 2.08 bits per heavy atom. The van der Waals surface area contributed by atoms with Crippen molar-refractivity contribution in [3.05, 3.63) is 23.0 Å². The van der Waals surface area contributed by atoms with E-state index in [1.54, 1.807) is 24.4 Å². The number of aromatic nitrogens is 1. The maximum atomic E-state index is 8.60. The largest absolute Gasteiger partial charge is 0.242 e. The SMILES string of the molecule is N#Cc1cn(C#N)c(C#N)c1C#N. The van der Waals surface area contributed by atoms with Crippen LogP contribution in [0, 0.1) is 45.4 Å². The number of hydrogen-bond donors (Lipinski definition) is 0. The van der Waals surface area contributed by atoms with Crippen molar-refractivity contribution in [1.82, 2.24) is 4.57 Å². The number of nitriles is 4. The lowest BCUT2D eigenvalue weighted by Crippen LogP contribution is -1.90. The van der Waals surface area contributed by atoms with Crippen LogP contribution in [0.25, 0.3) is 0 Å². The molecule has 0 fully saturated rings. The summed E-state index contributed by atoms with van der Waals surface area (Å²) in [6.07, 6.45) is 2.83. The fourth-order valence-electron chi connectivity index (χ4n) is 0.893. The molecular weight excluding hydrogens is 166 g/mol. The zero-order valence-corrected chi connectivity index (χ0v) is 6.31. The van der Waals surface area contributed by atoms with E-state index in [-0.39, 0.29) is 16.8 Å². The lowest BCUT2D eigenvalue weighted by molar-refractivity contribution is 1.07. The average Bonchev–Trinajstić information content (AvgIpc) is 2.54. The summed E-state index contributed by atoms with van der Waals surface area (Å²) in [6, 6.07) is 5.12. The van der Waals surface area contributed by atoms with Crippen LogP contribution in [-0.4, -0.2) is 4.57 Å². The van der Waals surface area contributed by atoms with Crippen molar-refractivity contribution in [2.24, 2.45) is 0 Å². The molecule has 0 aliphatic rings. The van der Waals surface area contributed by atoms with E-state index in [4.69, 9.17) is 21.0 Å². The first-order valence-electron chi connectivity index (χ1n) is 3.14. The van der Waals surface area contributed by atoms with Crippen LogP contribution in [0.15, 0.2) is 6.20 Å². The van der Waals surface area contributed by atoms with Gasteiger partial charge in [0.1, 0.15) is 23.8 Å². The van der Waals surface area contributed by atoms with Crippen molar-refractivity contribution in [3.63, 3.8) is 0 Å². The molecule has 0 aromatic carbocycles. The number of hydrogen-bond acceptors (Lipinski definition) is 4. The molecular formula is C8HN5. The Kier molecular flexibility index (Phi) is 1.98. The summed E-state index contributed by atoms with van der Waals surface area (Å²) < 4.78 is 0.900. The van der Waals surface area contributed by atoms with Crippen molar-refractivity contribution in [2.75, 3.05) is 0 Å². The van der Waals surface area contributed by atoms with Crippen LogP contribution in [-0.2, 0) is 0 Å². The van der Waals surface area contributed by atoms with Crippen LogP contribution >= 0.6 is 0 Å². The topological polar surface area (TPSA) is 100 Å². The van der Waals surface area contributed by atoms with Gasteiger partial charge in [0.25, 0.3) is 0 Å². The van der Waals surface area contributed by atoms with Crippen molar-refractivity contribution >= 4 is 0 Å². The highest BCUT2D eigenvalue weighted by atomic mass is 15.0. The van der Waals surface area contributed by atoms with Gasteiger partial charge in [0.15, 0.2) is 11.9 Å². The molecule has 1 rings (SSSR count).